The molecule has 58 heavy (non-hydrogen) atoms. The summed E-state index contributed by atoms with van der Waals surface area (Å²) in [6.07, 6.45) is 1.18. The van der Waals surface area contributed by atoms with Crippen molar-refractivity contribution in [3.8, 4) is 23.0 Å². The van der Waals surface area contributed by atoms with Crippen LogP contribution in [0.3, 0.4) is 0 Å². The fraction of sp³-hybridized carbons (Fsp3) is 0.419. The number of piperazine rings is 1. The number of benzene rings is 4. The van der Waals surface area contributed by atoms with Crippen molar-refractivity contribution in [3.63, 3.8) is 0 Å². The number of ether oxygens (including phenoxy) is 7. The van der Waals surface area contributed by atoms with E-state index in [1.165, 1.54) is 0 Å². The highest BCUT2D eigenvalue weighted by Gasteiger charge is 2.32. The molecule has 2 aliphatic heterocycles. The fourth-order valence-corrected chi connectivity index (χ4v) is 6.93. The second-order valence-electron chi connectivity index (χ2n) is 13.8. The van der Waals surface area contributed by atoms with Gasteiger partial charge in [0.2, 0.25) is 0 Å². The van der Waals surface area contributed by atoms with E-state index in [1.807, 2.05) is 66.7 Å². The van der Waals surface area contributed by atoms with Crippen LogP contribution in [-0.2, 0) is 38.9 Å². The van der Waals surface area contributed by atoms with Crippen molar-refractivity contribution in [1.82, 2.24) is 4.90 Å². The molecule has 0 radical (unpaired) electrons. The minimum Gasteiger partial charge on any atom is -0.496 e. The third-order valence-electron chi connectivity index (χ3n) is 9.86. The van der Waals surface area contributed by atoms with Crippen molar-refractivity contribution in [2.75, 3.05) is 89.8 Å². The Morgan fingerprint density at radius 2 is 1.64 bits per heavy atom. The van der Waals surface area contributed by atoms with Crippen LogP contribution in [0.5, 0.6) is 23.0 Å². The van der Waals surface area contributed by atoms with Crippen LogP contribution in [-0.4, -0.2) is 102 Å². The smallest absolute Gasteiger partial charge is 0.410 e. The average Bonchev–Trinajstić information content (AvgIpc) is 3.26. The first kappa shape index (κ1) is 41.7. The quantitative estimate of drug-likeness (QED) is 0.0512. The Bertz CT molecular complexity index is 1910. The van der Waals surface area contributed by atoms with Crippen molar-refractivity contribution in [2.24, 2.45) is 0 Å². The largest absolute Gasteiger partial charge is 0.496 e. The lowest BCUT2D eigenvalue weighted by atomic mass is 10.1. The number of hydrogen-bond acceptors (Lipinski definition) is 13. The molecule has 0 spiro atoms. The molecule has 0 saturated carbocycles. The Hall–Kier alpha value is -5.93. The van der Waals surface area contributed by atoms with Crippen LogP contribution in [0.2, 0.25) is 0 Å². The lowest BCUT2D eigenvalue weighted by Gasteiger charge is -2.42. The van der Waals surface area contributed by atoms with E-state index in [0.717, 1.165) is 60.1 Å². The molecule has 1 amide bonds. The van der Waals surface area contributed by atoms with Gasteiger partial charge in [-0.15, -0.1) is 10.1 Å². The number of anilines is 2. The first-order valence-corrected chi connectivity index (χ1v) is 19.5. The molecule has 15 nitrogen and oxygen atoms in total. The van der Waals surface area contributed by atoms with Gasteiger partial charge in [0, 0.05) is 63.6 Å². The molecule has 1 fully saturated rings. The predicted octanol–water partition coefficient (Wildman–Crippen LogP) is 6.53. The predicted molar refractivity (Wildman–Crippen MR) is 216 cm³/mol. The summed E-state index contributed by atoms with van der Waals surface area (Å²) < 4.78 is 40.7. The molecule has 15 heteroatoms. The average molecular weight is 801 g/mol. The van der Waals surface area contributed by atoms with Crippen molar-refractivity contribution in [1.29, 1.82) is 0 Å². The van der Waals surface area contributed by atoms with E-state index in [9.17, 15) is 14.9 Å². The molecule has 4 aromatic carbocycles. The maximum Gasteiger partial charge on any atom is 0.410 e. The van der Waals surface area contributed by atoms with Crippen LogP contribution in [0.15, 0.2) is 91.0 Å². The maximum atomic E-state index is 13.4. The van der Waals surface area contributed by atoms with E-state index in [0.29, 0.717) is 76.2 Å². The van der Waals surface area contributed by atoms with Gasteiger partial charge in [0.25, 0.3) is 5.09 Å². The van der Waals surface area contributed by atoms with Gasteiger partial charge >= 0.3 is 6.09 Å². The van der Waals surface area contributed by atoms with Crippen molar-refractivity contribution < 1.29 is 47.9 Å². The highest BCUT2D eigenvalue weighted by molar-refractivity contribution is 5.68. The van der Waals surface area contributed by atoms with E-state index in [4.69, 9.17) is 33.2 Å². The van der Waals surface area contributed by atoms with E-state index in [-0.39, 0.29) is 19.3 Å². The Balaban J connectivity index is 1.07. The van der Waals surface area contributed by atoms with Crippen LogP contribution in [0, 0.1) is 10.1 Å². The normalized spacial score (nSPS) is 14.9. The van der Waals surface area contributed by atoms with E-state index in [1.54, 1.807) is 43.4 Å². The number of fused-ring (bicyclic) bond motifs is 1. The van der Waals surface area contributed by atoms with Crippen molar-refractivity contribution in [3.05, 3.63) is 118 Å². The molecule has 2 aliphatic rings. The van der Waals surface area contributed by atoms with Gasteiger partial charge in [-0.1, -0.05) is 42.5 Å². The maximum absolute atomic E-state index is 13.4. The highest BCUT2D eigenvalue weighted by atomic mass is 16.9. The Labute approximate surface area is 338 Å². The first-order valence-electron chi connectivity index (χ1n) is 19.5. The summed E-state index contributed by atoms with van der Waals surface area (Å²) in [6.45, 7) is 5.93. The minimum absolute atomic E-state index is 0.0138. The number of hydrogen-bond donors (Lipinski definition) is 0. The lowest BCUT2D eigenvalue weighted by Crippen LogP contribution is -2.57. The molecule has 1 saturated heterocycles. The van der Waals surface area contributed by atoms with Crippen molar-refractivity contribution >= 4 is 17.5 Å². The molecule has 6 rings (SSSR count). The number of methoxy groups -OCH3 is 2. The minimum atomic E-state index is -0.835. The number of nitrogens with zero attached hydrogens (tertiary/aromatic N) is 4. The molecule has 0 aliphatic carbocycles. The summed E-state index contributed by atoms with van der Waals surface area (Å²) in [7, 11) is 3.36. The zero-order valence-corrected chi connectivity index (χ0v) is 33.1. The standard InChI is InChI=1S/C43H52N4O11/c1-51-22-6-18-44-21-25-55-42-17-16-39(27-40(42)44)56-32-37-28-45(43(48)57-29-33-8-5-9-34(26-33)30-58-47(49)50)19-20-46(37)36-12-14-38(15-13-36)54-24-7-23-53-31-35-10-3-4-11-41(35)52-2/h3-5,8-17,26-27,37H,6-7,18-25,28-32H2,1-2H3. The van der Waals surface area contributed by atoms with Gasteiger partial charge < -0.3 is 52.7 Å². The van der Waals surface area contributed by atoms with Gasteiger partial charge in [-0.05, 0) is 60.0 Å². The zero-order chi connectivity index (χ0) is 40.5. The van der Waals surface area contributed by atoms with E-state index in [2.05, 4.69) is 14.6 Å². The monoisotopic (exact) mass is 800 g/mol. The fourth-order valence-electron chi connectivity index (χ4n) is 6.93. The van der Waals surface area contributed by atoms with Gasteiger partial charge in [0.15, 0.2) is 0 Å². The van der Waals surface area contributed by atoms with Crippen LogP contribution in [0.4, 0.5) is 16.2 Å². The summed E-state index contributed by atoms with van der Waals surface area (Å²) >= 11 is 0. The number of para-hydroxylation sites is 1. The number of amides is 1. The van der Waals surface area contributed by atoms with E-state index < -0.39 is 11.2 Å². The highest BCUT2D eigenvalue weighted by Crippen LogP contribution is 2.35. The van der Waals surface area contributed by atoms with Gasteiger partial charge in [-0.2, -0.15) is 0 Å². The van der Waals surface area contributed by atoms with Crippen molar-refractivity contribution in [2.45, 2.75) is 38.7 Å². The summed E-state index contributed by atoms with van der Waals surface area (Å²) in [5.41, 5.74) is 4.27. The molecular formula is C43H52N4O11. The molecule has 310 valence electrons. The van der Waals surface area contributed by atoms with Crippen LogP contribution in [0.1, 0.15) is 29.5 Å². The second kappa shape index (κ2) is 21.6. The summed E-state index contributed by atoms with van der Waals surface area (Å²) in [5.74, 6) is 3.09. The van der Waals surface area contributed by atoms with Crippen LogP contribution < -0.4 is 28.7 Å². The zero-order valence-electron chi connectivity index (χ0n) is 33.1. The van der Waals surface area contributed by atoms with Crippen LogP contribution in [0.25, 0.3) is 0 Å². The number of carbonyl (C=O) groups is 1. The number of rotatable bonds is 21. The van der Waals surface area contributed by atoms with Gasteiger partial charge in [-0.25, -0.2) is 4.79 Å². The van der Waals surface area contributed by atoms with Crippen LogP contribution >= 0.6 is 0 Å². The first-order chi connectivity index (χ1) is 28.4. The molecule has 2 heterocycles. The summed E-state index contributed by atoms with van der Waals surface area (Å²) in [5, 5.41) is 9.80. The van der Waals surface area contributed by atoms with Gasteiger partial charge in [-0.3, -0.25) is 0 Å². The summed E-state index contributed by atoms with van der Waals surface area (Å²) in [4.78, 5) is 34.8. The molecule has 1 atom stereocenters. The van der Waals surface area contributed by atoms with E-state index >= 15 is 0 Å². The summed E-state index contributed by atoms with van der Waals surface area (Å²) in [6, 6.07) is 28.4. The molecule has 0 N–H and O–H groups in total. The Kier molecular flexibility index (Phi) is 15.5. The van der Waals surface area contributed by atoms with Gasteiger partial charge in [0.05, 0.1) is 45.2 Å². The molecule has 0 bridgehead atoms. The topological polar surface area (TPSA) is 144 Å². The Morgan fingerprint density at radius 1 is 0.828 bits per heavy atom. The lowest BCUT2D eigenvalue weighted by molar-refractivity contribution is -0.763. The third kappa shape index (κ3) is 12.0. The Morgan fingerprint density at radius 3 is 2.45 bits per heavy atom. The SMILES string of the molecule is COCCCN1CCOc2ccc(OCC3CN(C(=O)OCc4cccc(CO[N+](=O)[O-])c4)CCN3c3ccc(OCCCOCc4ccccc4OC)cc3)cc21. The molecule has 4 aromatic rings. The number of carbonyl (C=O) groups excluding carboxylic acids is 1. The molecule has 1 unspecified atom stereocenters. The van der Waals surface area contributed by atoms with Gasteiger partial charge in [0.1, 0.15) is 49.4 Å². The third-order valence-corrected chi connectivity index (χ3v) is 9.86. The second-order valence-corrected chi connectivity index (χ2v) is 13.8. The molecular weight excluding hydrogens is 748 g/mol. The molecule has 0 aromatic heterocycles.